The Hall–Kier alpha value is -3.08. The van der Waals surface area contributed by atoms with E-state index < -0.39 is 0 Å². The molecule has 2 aromatic carbocycles. The number of carbonyl (C=O) groups is 2. The Morgan fingerprint density at radius 1 is 1.00 bits per heavy atom. The normalized spacial score (nSPS) is 10.7. The molecular weight excluding hydrogens is 328 g/mol. The molecule has 0 aliphatic carbocycles. The fourth-order valence-corrected chi connectivity index (χ4v) is 3.03. The first kappa shape index (κ1) is 17.7. The van der Waals surface area contributed by atoms with Crippen molar-refractivity contribution >= 4 is 28.5 Å². The van der Waals surface area contributed by atoms with Crippen molar-refractivity contribution in [3.63, 3.8) is 0 Å². The lowest BCUT2D eigenvalue weighted by Crippen LogP contribution is -2.31. The second-order valence-corrected chi connectivity index (χ2v) is 6.03. The molecule has 0 saturated carbocycles. The molecule has 0 fully saturated rings. The molecule has 0 spiro atoms. The monoisotopic (exact) mass is 350 g/mol. The first-order valence-electron chi connectivity index (χ1n) is 8.74. The quantitative estimate of drug-likeness (QED) is 0.738. The van der Waals surface area contributed by atoms with Crippen LogP contribution < -0.4 is 5.32 Å². The Kier molecular flexibility index (Phi) is 5.07. The molecule has 0 aliphatic heterocycles. The third kappa shape index (κ3) is 3.20. The van der Waals surface area contributed by atoms with Gasteiger partial charge in [0.2, 0.25) is 0 Å². The molecule has 5 heteroatoms. The summed E-state index contributed by atoms with van der Waals surface area (Å²) < 4.78 is 5.72. The van der Waals surface area contributed by atoms with E-state index in [1.807, 2.05) is 45.0 Å². The van der Waals surface area contributed by atoms with Crippen LogP contribution in [0.3, 0.4) is 0 Å². The highest BCUT2D eigenvalue weighted by molar-refractivity contribution is 6.10. The SMILES string of the molecule is CCN(CC)C(=O)c1ccccc1NC(=O)c1oc2ccccc2c1C. The predicted octanol–water partition coefficient (Wildman–Crippen LogP) is 4.48. The molecule has 2 amide bonds. The van der Waals surface area contributed by atoms with Crippen molar-refractivity contribution in [1.82, 2.24) is 4.90 Å². The summed E-state index contributed by atoms with van der Waals surface area (Å²) in [6, 6.07) is 14.6. The third-order valence-electron chi connectivity index (χ3n) is 4.51. The van der Waals surface area contributed by atoms with E-state index in [9.17, 15) is 9.59 Å². The number of benzene rings is 2. The first-order valence-corrected chi connectivity index (χ1v) is 8.74. The number of amides is 2. The standard InChI is InChI=1S/C21H22N2O3/c1-4-23(5-2)21(25)16-11-6-8-12-17(16)22-20(24)19-14(3)15-10-7-9-13-18(15)26-19/h6-13H,4-5H2,1-3H3,(H,22,24). The second kappa shape index (κ2) is 7.44. The average molecular weight is 350 g/mol. The van der Waals surface area contributed by atoms with E-state index in [-0.39, 0.29) is 17.6 Å². The van der Waals surface area contributed by atoms with Crippen molar-refractivity contribution < 1.29 is 14.0 Å². The highest BCUT2D eigenvalue weighted by Gasteiger charge is 2.21. The van der Waals surface area contributed by atoms with Crippen molar-refractivity contribution in [2.75, 3.05) is 18.4 Å². The molecule has 0 bridgehead atoms. The second-order valence-electron chi connectivity index (χ2n) is 6.03. The maximum atomic E-state index is 12.8. The minimum Gasteiger partial charge on any atom is -0.451 e. The van der Waals surface area contributed by atoms with E-state index in [0.29, 0.717) is 29.9 Å². The molecule has 0 aliphatic rings. The lowest BCUT2D eigenvalue weighted by atomic mass is 10.1. The maximum absolute atomic E-state index is 12.8. The van der Waals surface area contributed by atoms with Crippen LogP contribution in [0.25, 0.3) is 11.0 Å². The highest BCUT2D eigenvalue weighted by Crippen LogP contribution is 2.26. The number of rotatable bonds is 5. The van der Waals surface area contributed by atoms with E-state index in [2.05, 4.69) is 5.32 Å². The molecule has 5 nitrogen and oxygen atoms in total. The molecule has 1 heterocycles. The van der Waals surface area contributed by atoms with Crippen LogP contribution in [-0.4, -0.2) is 29.8 Å². The van der Waals surface area contributed by atoms with Gasteiger partial charge in [0.05, 0.1) is 11.3 Å². The van der Waals surface area contributed by atoms with Crippen LogP contribution in [0.2, 0.25) is 0 Å². The molecule has 0 unspecified atom stereocenters. The van der Waals surface area contributed by atoms with Gasteiger partial charge in [0, 0.05) is 24.0 Å². The number of furan rings is 1. The van der Waals surface area contributed by atoms with Crippen LogP contribution in [0.1, 0.15) is 40.3 Å². The van der Waals surface area contributed by atoms with E-state index in [1.165, 1.54) is 0 Å². The van der Waals surface area contributed by atoms with Gasteiger partial charge in [0.1, 0.15) is 5.58 Å². The summed E-state index contributed by atoms with van der Waals surface area (Å²) in [6.07, 6.45) is 0. The number of anilines is 1. The zero-order chi connectivity index (χ0) is 18.7. The number of hydrogen-bond acceptors (Lipinski definition) is 3. The maximum Gasteiger partial charge on any atom is 0.291 e. The summed E-state index contributed by atoms with van der Waals surface area (Å²) in [5.74, 6) is -0.206. The van der Waals surface area contributed by atoms with Crippen LogP contribution in [0.4, 0.5) is 5.69 Å². The van der Waals surface area contributed by atoms with Crippen LogP contribution in [0, 0.1) is 6.92 Å². The van der Waals surface area contributed by atoms with Gasteiger partial charge in [-0.1, -0.05) is 30.3 Å². The zero-order valence-corrected chi connectivity index (χ0v) is 15.2. The van der Waals surface area contributed by atoms with Gasteiger partial charge in [-0.15, -0.1) is 0 Å². The summed E-state index contributed by atoms with van der Waals surface area (Å²) in [4.78, 5) is 27.2. The fourth-order valence-electron chi connectivity index (χ4n) is 3.03. The third-order valence-corrected chi connectivity index (χ3v) is 4.51. The minimum atomic E-state index is -0.363. The Balaban J connectivity index is 1.92. The van der Waals surface area contributed by atoms with Gasteiger partial charge in [-0.05, 0) is 39.0 Å². The summed E-state index contributed by atoms with van der Waals surface area (Å²) in [5, 5.41) is 3.74. The van der Waals surface area contributed by atoms with Crippen molar-refractivity contribution in [3.8, 4) is 0 Å². The van der Waals surface area contributed by atoms with E-state index in [4.69, 9.17) is 4.42 Å². The summed E-state index contributed by atoms with van der Waals surface area (Å²) in [6.45, 7) is 6.94. The van der Waals surface area contributed by atoms with Gasteiger partial charge in [-0.25, -0.2) is 0 Å². The Morgan fingerprint density at radius 3 is 2.35 bits per heavy atom. The molecule has 0 radical (unpaired) electrons. The average Bonchev–Trinajstić information content (AvgIpc) is 3.00. The number of nitrogens with one attached hydrogen (secondary N) is 1. The highest BCUT2D eigenvalue weighted by atomic mass is 16.3. The summed E-state index contributed by atoms with van der Waals surface area (Å²) >= 11 is 0. The van der Waals surface area contributed by atoms with E-state index >= 15 is 0 Å². The van der Waals surface area contributed by atoms with Crippen molar-refractivity contribution in [2.24, 2.45) is 0 Å². The van der Waals surface area contributed by atoms with Crippen LogP contribution in [-0.2, 0) is 0 Å². The van der Waals surface area contributed by atoms with Gasteiger partial charge in [-0.2, -0.15) is 0 Å². The Morgan fingerprint density at radius 2 is 1.65 bits per heavy atom. The summed E-state index contributed by atoms with van der Waals surface area (Å²) in [7, 11) is 0. The lowest BCUT2D eigenvalue weighted by molar-refractivity contribution is 0.0774. The predicted molar refractivity (Wildman–Crippen MR) is 103 cm³/mol. The molecule has 3 aromatic rings. The van der Waals surface area contributed by atoms with Crippen LogP contribution >= 0.6 is 0 Å². The van der Waals surface area contributed by atoms with Crippen LogP contribution in [0.5, 0.6) is 0 Å². The first-order chi connectivity index (χ1) is 12.6. The topological polar surface area (TPSA) is 62.6 Å². The number of hydrogen-bond donors (Lipinski definition) is 1. The van der Waals surface area contributed by atoms with Crippen molar-refractivity contribution in [2.45, 2.75) is 20.8 Å². The molecule has 3 rings (SSSR count). The van der Waals surface area contributed by atoms with E-state index in [1.54, 1.807) is 29.2 Å². The van der Waals surface area contributed by atoms with E-state index in [0.717, 1.165) is 10.9 Å². The molecule has 1 N–H and O–H groups in total. The van der Waals surface area contributed by atoms with Gasteiger partial charge < -0.3 is 14.6 Å². The number of carbonyl (C=O) groups excluding carboxylic acids is 2. The van der Waals surface area contributed by atoms with Gasteiger partial charge in [0.25, 0.3) is 11.8 Å². The van der Waals surface area contributed by atoms with Gasteiger partial charge in [0.15, 0.2) is 5.76 Å². The minimum absolute atomic E-state index is 0.104. The lowest BCUT2D eigenvalue weighted by Gasteiger charge is -2.20. The smallest absolute Gasteiger partial charge is 0.291 e. The molecule has 0 atom stereocenters. The largest absolute Gasteiger partial charge is 0.451 e. The van der Waals surface area contributed by atoms with Gasteiger partial charge >= 0.3 is 0 Å². The molecule has 1 aromatic heterocycles. The van der Waals surface area contributed by atoms with Gasteiger partial charge in [-0.3, -0.25) is 9.59 Å². The number of nitrogens with zero attached hydrogens (tertiary/aromatic N) is 1. The number of fused-ring (bicyclic) bond motifs is 1. The zero-order valence-electron chi connectivity index (χ0n) is 15.2. The number of aryl methyl sites for hydroxylation is 1. The fraction of sp³-hybridized carbons (Fsp3) is 0.238. The molecule has 0 saturated heterocycles. The Bertz CT molecular complexity index is 955. The Labute approximate surface area is 152 Å². The molecular formula is C21H22N2O3. The van der Waals surface area contributed by atoms with Crippen molar-refractivity contribution in [1.29, 1.82) is 0 Å². The summed E-state index contributed by atoms with van der Waals surface area (Å²) in [5.41, 5.74) is 2.40. The van der Waals surface area contributed by atoms with Crippen molar-refractivity contribution in [3.05, 3.63) is 65.4 Å². The van der Waals surface area contributed by atoms with Crippen LogP contribution in [0.15, 0.2) is 52.9 Å². The molecule has 26 heavy (non-hydrogen) atoms. The number of para-hydroxylation sites is 2. The molecule has 134 valence electrons.